The van der Waals surface area contributed by atoms with Crippen molar-refractivity contribution in [1.82, 2.24) is 4.98 Å². The van der Waals surface area contributed by atoms with Crippen LogP contribution < -0.4 is 10.3 Å². The number of H-pyrrole nitrogens is 1. The number of hydrogen-bond donors (Lipinski definition) is 2. The Balaban J connectivity index is 1.53. The lowest BCUT2D eigenvalue weighted by Gasteiger charge is -2.20. The molecule has 0 bridgehead atoms. The Labute approximate surface area is 190 Å². The molecule has 2 aliphatic heterocycles. The number of para-hydroxylation sites is 2. The average molecular weight is 451 g/mol. The number of nitrogens with one attached hydrogen (secondary N) is 1. The Kier molecular flexibility index (Phi) is 5.88. The number of aromatic nitrogens is 1. The maximum absolute atomic E-state index is 12.8. The zero-order valence-electron chi connectivity index (χ0n) is 18.2. The topological polar surface area (TPSA) is 107 Å². The number of aliphatic hydroxyl groups is 1. The summed E-state index contributed by atoms with van der Waals surface area (Å²) in [5.41, 5.74) is 1.54. The van der Waals surface area contributed by atoms with Crippen LogP contribution in [0.2, 0.25) is 0 Å². The van der Waals surface area contributed by atoms with Gasteiger partial charge >= 0.3 is 5.97 Å². The van der Waals surface area contributed by atoms with E-state index < -0.39 is 23.7 Å². The zero-order chi connectivity index (χ0) is 22.9. The summed E-state index contributed by atoms with van der Waals surface area (Å²) in [5, 5.41) is 10.8. The molecule has 2 N–H and O–H groups in total. The summed E-state index contributed by atoms with van der Waals surface area (Å²) in [6, 6.07) is 14.8. The number of carbonyl (C=O) groups excluding carboxylic acids is 1. The van der Waals surface area contributed by atoms with Gasteiger partial charge in [0, 0.05) is 17.3 Å². The SMILES string of the molecule is CCOC(=O)c1c(Cc2ccccc2O[C@H]2CO[C@H]3[C@@H]2OC[C@@H]3O)c2ccccc2[nH]c1=O. The van der Waals surface area contributed by atoms with Gasteiger partial charge in [-0.3, -0.25) is 4.79 Å². The van der Waals surface area contributed by atoms with Gasteiger partial charge < -0.3 is 29.0 Å². The van der Waals surface area contributed by atoms with Crippen LogP contribution in [0.5, 0.6) is 5.75 Å². The summed E-state index contributed by atoms with van der Waals surface area (Å²) in [7, 11) is 0. The number of aliphatic hydroxyl groups excluding tert-OH is 1. The van der Waals surface area contributed by atoms with E-state index in [1.165, 1.54) is 0 Å². The summed E-state index contributed by atoms with van der Waals surface area (Å²) >= 11 is 0. The maximum atomic E-state index is 12.8. The smallest absolute Gasteiger partial charge is 0.344 e. The van der Waals surface area contributed by atoms with Gasteiger partial charge in [0.1, 0.15) is 29.6 Å². The van der Waals surface area contributed by atoms with E-state index in [2.05, 4.69) is 4.98 Å². The number of ether oxygens (including phenoxy) is 4. The lowest BCUT2D eigenvalue weighted by atomic mass is 9.96. The van der Waals surface area contributed by atoms with E-state index in [-0.39, 0.29) is 31.0 Å². The van der Waals surface area contributed by atoms with Crippen molar-refractivity contribution in [1.29, 1.82) is 0 Å². The van der Waals surface area contributed by atoms with E-state index in [9.17, 15) is 14.7 Å². The van der Waals surface area contributed by atoms with Crippen LogP contribution in [0.25, 0.3) is 10.9 Å². The van der Waals surface area contributed by atoms with Crippen molar-refractivity contribution in [3.05, 3.63) is 75.6 Å². The third-order valence-electron chi connectivity index (χ3n) is 6.11. The predicted octanol–water partition coefficient (Wildman–Crippen LogP) is 2.20. The number of aromatic amines is 1. The van der Waals surface area contributed by atoms with Crippen LogP contribution in [0.1, 0.15) is 28.4 Å². The molecule has 0 radical (unpaired) electrons. The molecular formula is C25H25NO7. The minimum absolute atomic E-state index is 0.00290. The van der Waals surface area contributed by atoms with E-state index in [0.29, 0.717) is 29.9 Å². The van der Waals surface area contributed by atoms with Crippen molar-refractivity contribution < 1.29 is 28.8 Å². The number of rotatable bonds is 6. The second-order valence-electron chi connectivity index (χ2n) is 8.18. The van der Waals surface area contributed by atoms with Crippen LogP contribution in [0.3, 0.4) is 0 Å². The molecule has 0 amide bonds. The third kappa shape index (κ3) is 4.01. The zero-order valence-corrected chi connectivity index (χ0v) is 18.2. The molecule has 2 aromatic carbocycles. The Bertz CT molecular complexity index is 1240. The van der Waals surface area contributed by atoms with E-state index in [1.54, 1.807) is 13.0 Å². The number of esters is 1. The van der Waals surface area contributed by atoms with Crippen LogP contribution in [0.4, 0.5) is 0 Å². The summed E-state index contributed by atoms with van der Waals surface area (Å²) < 4.78 is 22.8. The number of benzene rings is 2. The highest BCUT2D eigenvalue weighted by Crippen LogP contribution is 2.32. The molecule has 2 fully saturated rings. The number of hydrogen-bond acceptors (Lipinski definition) is 7. The average Bonchev–Trinajstić information content (AvgIpc) is 3.38. The molecule has 2 aliphatic rings. The molecule has 0 saturated carbocycles. The van der Waals surface area contributed by atoms with Gasteiger partial charge in [-0.15, -0.1) is 0 Å². The first-order valence-electron chi connectivity index (χ1n) is 11.0. The van der Waals surface area contributed by atoms with E-state index in [4.69, 9.17) is 18.9 Å². The van der Waals surface area contributed by atoms with Gasteiger partial charge in [0.15, 0.2) is 6.10 Å². The first kappa shape index (κ1) is 21.6. The van der Waals surface area contributed by atoms with E-state index >= 15 is 0 Å². The lowest BCUT2D eigenvalue weighted by Crippen LogP contribution is -2.34. The molecular weight excluding hydrogens is 426 g/mol. The molecule has 0 aliphatic carbocycles. The minimum Gasteiger partial charge on any atom is -0.485 e. The summed E-state index contributed by atoms with van der Waals surface area (Å²) in [5.74, 6) is -0.0470. The fourth-order valence-corrected chi connectivity index (χ4v) is 4.58. The van der Waals surface area contributed by atoms with E-state index in [1.807, 2.05) is 42.5 Å². The van der Waals surface area contributed by atoms with Gasteiger partial charge in [0.2, 0.25) is 0 Å². The Morgan fingerprint density at radius 2 is 1.85 bits per heavy atom. The minimum atomic E-state index is -0.659. The molecule has 33 heavy (non-hydrogen) atoms. The summed E-state index contributed by atoms with van der Waals surface area (Å²) in [6.45, 7) is 2.40. The van der Waals surface area contributed by atoms with Gasteiger partial charge in [-0.25, -0.2) is 4.79 Å². The highest BCUT2D eigenvalue weighted by atomic mass is 16.6. The quantitative estimate of drug-likeness (QED) is 0.554. The van der Waals surface area contributed by atoms with Gasteiger partial charge in [0.25, 0.3) is 5.56 Å². The molecule has 0 unspecified atom stereocenters. The summed E-state index contributed by atoms with van der Waals surface area (Å²) in [6.07, 6.45) is -1.47. The fourth-order valence-electron chi connectivity index (χ4n) is 4.58. The summed E-state index contributed by atoms with van der Waals surface area (Å²) in [4.78, 5) is 28.3. The Morgan fingerprint density at radius 3 is 2.70 bits per heavy atom. The highest BCUT2D eigenvalue weighted by Gasteiger charge is 2.48. The normalized spacial score (nSPS) is 24.1. The standard InChI is InChI=1S/C25H25NO7/c1-2-30-25(29)21-16(15-8-4-5-9-17(15)26-24(21)28)11-14-7-3-6-10-19(14)33-20-13-32-22-18(27)12-31-23(20)22/h3-10,18,20,22-23,27H,2,11-13H2,1H3,(H,26,28)/t18-,20-,22+,23+/m0/s1. The van der Waals surface area contributed by atoms with Gasteiger partial charge in [0.05, 0.1) is 19.8 Å². The van der Waals surface area contributed by atoms with Crippen LogP contribution in [0.15, 0.2) is 53.3 Å². The second-order valence-corrected chi connectivity index (χ2v) is 8.18. The van der Waals surface area contributed by atoms with Crippen LogP contribution in [-0.4, -0.2) is 60.3 Å². The molecule has 1 aromatic heterocycles. The van der Waals surface area contributed by atoms with Crippen molar-refractivity contribution in [2.75, 3.05) is 19.8 Å². The molecule has 3 aromatic rings. The molecule has 5 rings (SSSR count). The first-order chi connectivity index (χ1) is 16.1. The van der Waals surface area contributed by atoms with Crippen molar-refractivity contribution in [2.24, 2.45) is 0 Å². The molecule has 4 atom stereocenters. The Hall–Kier alpha value is -3.20. The largest absolute Gasteiger partial charge is 0.485 e. The number of pyridine rings is 1. The molecule has 8 heteroatoms. The lowest BCUT2D eigenvalue weighted by molar-refractivity contribution is 0.00848. The number of fused-ring (bicyclic) bond motifs is 2. The number of carbonyl (C=O) groups is 1. The van der Waals surface area contributed by atoms with Gasteiger partial charge in [-0.05, 0) is 30.2 Å². The third-order valence-corrected chi connectivity index (χ3v) is 6.11. The van der Waals surface area contributed by atoms with Crippen LogP contribution in [0, 0.1) is 0 Å². The molecule has 3 heterocycles. The van der Waals surface area contributed by atoms with Gasteiger partial charge in [-0.1, -0.05) is 36.4 Å². The van der Waals surface area contributed by atoms with Crippen molar-refractivity contribution in [3.63, 3.8) is 0 Å². The second kappa shape index (κ2) is 8.97. The predicted molar refractivity (Wildman–Crippen MR) is 120 cm³/mol. The fraction of sp³-hybridized carbons (Fsp3) is 0.360. The van der Waals surface area contributed by atoms with Crippen LogP contribution in [-0.2, 0) is 20.6 Å². The van der Waals surface area contributed by atoms with Crippen molar-refractivity contribution in [3.8, 4) is 5.75 Å². The first-order valence-corrected chi connectivity index (χ1v) is 11.0. The van der Waals surface area contributed by atoms with Crippen molar-refractivity contribution >= 4 is 16.9 Å². The highest BCUT2D eigenvalue weighted by molar-refractivity contribution is 5.97. The Morgan fingerprint density at radius 1 is 1.09 bits per heavy atom. The van der Waals surface area contributed by atoms with Crippen LogP contribution >= 0.6 is 0 Å². The maximum Gasteiger partial charge on any atom is 0.344 e. The molecule has 172 valence electrons. The van der Waals surface area contributed by atoms with Crippen molar-refractivity contribution in [2.45, 2.75) is 37.8 Å². The monoisotopic (exact) mass is 451 g/mol. The molecule has 0 spiro atoms. The molecule has 2 saturated heterocycles. The molecule has 8 nitrogen and oxygen atoms in total. The van der Waals surface area contributed by atoms with Gasteiger partial charge in [-0.2, -0.15) is 0 Å². The van der Waals surface area contributed by atoms with E-state index in [0.717, 1.165) is 10.9 Å².